The van der Waals surface area contributed by atoms with E-state index in [9.17, 15) is 5.26 Å². The molecule has 4 nitrogen and oxygen atoms in total. The van der Waals surface area contributed by atoms with Crippen molar-refractivity contribution in [2.24, 2.45) is 0 Å². The molecule has 0 aliphatic rings. The molecule has 0 aliphatic carbocycles. The van der Waals surface area contributed by atoms with E-state index in [1.807, 2.05) is 18.5 Å². The highest BCUT2D eigenvalue weighted by molar-refractivity contribution is 6.14. The van der Waals surface area contributed by atoms with Gasteiger partial charge in [-0.05, 0) is 245 Å². The first kappa shape index (κ1) is 48.2. The van der Waals surface area contributed by atoms with Crippen molar-refractivity contribution >= 4 is 43.6 Å². The van der Waals surface area contributed by atoms with Gasteiger partial charge in [-0.1, -0.05) is 95.1 Å². The second-order valence-electron chi connectivity index (χ2n) is 21.9. The minimum absolute atomic E-state index is 0.583. The minimum Gasteiger partial charge on any atom is -0.309 e. The van der Waals surface area contributed by atoms with Crippen LogP contribution in [0.15, 0.2) is 158 Å². The maximum absolute atomic E-state index is 11.0. The fourth-order valence-corrected chi connectivity index (χ4v) is 13.5. The number of hydrogen-bond acceptors (Lipinski definition) is 2. The maximum Gasteiger partial charge on any atom is 0.0998 e. The van der Waals surface area contributed by atoms with Crippen molar-refractivity contribution in [1.82, 2.24) is 14.1 Å². The first-order chi connectivity index (χ1) is 36.6. The molecular weight excluding hydrogens is 921 g/mol. The lowest BCUT2D eigenvalue weighted by Crippen LogP contribution is -2.01. The molecule has 4 heteroatoms. The number of aryl methyl sites for hydroxylation is 12. The van der Waals surface area contributed by atoms with Gasteiger partial charge in [0.2, 0.25) is 0 Å². The third-order valence-corrected chi connectivity index (χ3v) is 16.1. The standard InChI is InChI=1S/C72H62N4/c1-40-25-44(5)69(45(6)26-40)52-14-19-64-59(33-52)60-34-53(70-46(7)27-41(2)28-47(70)8)15-20-65(60)75(64)57-18-13-56(38-73)58(37-57)63-39-74-24-23-68(63)76-66-21-16-54(71-48(9)29-42(3)30-49(71)10)35-61(66)62-36-55(17-22-67(62)76)72-50(11)31-43(4)32-51(72)12/h13-37,39H,1-12H3. The molecule has 0 spiro atoms. The molecule has 0 saturated carbocycles. The smallest absolute Gasteiger partial charge is 0.0998 e. The van der Waals surface area contributed by atoms with Crippen LogP contribution in [0.4, 0.5) is 0 Å². The summed E-state index contributed by atoms with van der Waals surface area (Å²) < 4.78 is 4.77. The van der Waals surface area contributed by atoms with E-state index in [2.05, 4.69) is 238 Å². The number of pyridine rings is 1. The molecule has 3 heterocycles. The summed E-state index contributed by atoms with van der Waals surface area (Å²) in [5.41, 5.74) is 33.7. The SMILES string of the molecule is Cc1cc(C)c(-c2ccc3c(c2)c2cc(-c4c(C)cc(C)cc4C)ccc2n3-c2ccc(C#N)c(-c3cnccc3-n3c4ccc(-c5c(C)cc(C)cc5C)cc4c4cc(-c5c(C)cc(C)cc5C)ccc43)c2)c(C)c1. The second kappa shape index (κ2) is 18.3. The topological polar surface area (TPSA) is 46.5 Å². The second-order valence-corrected chi connectivity index (χ2v) is 21.9. The predicted octanol–water partition coefficient (Wildman–Crippen LogP) is 19.2. The third-order valence-electron chi connectivity index (χ3n) is 16.1. The Morgan fingerprint density at radius 3 is 1.00 bits per heavy atom. The molecule has 0 N–H and O–H groups in total. The predicted molar refractivity (Wildman–Crippen MR) is 322 cm³/mol. The van der Waals surface area contributed by atoms with Gasteiger partial charge in [0.15, 0.2) is 0 Å². The average molecular weight is 983 g/mol. The molecule has 370 valence electrons. The third kappa shape index (κ3) is 7.84. The Bertz CT molecular complexity index is 4160. The van der Waals surface area contributed by atoms with E-state index in [1.54, 1.807) is 0 Å². The normalized spacial score (nSPS) is 11.7. The van der Waals surface area contributed by atoms with E-state index in [1.165, 1.54) is 133 Å². The van der Waals surface area contributed by atoms with Gasteiger partial charge in [-0.25, -0.2) is 0 Å². The summed E-state index contributed by atoms with van der Waals surface area (Å²) in [5, 5.41) is 15.7. The fraction of sp³-hybridized carbons (Fsp3) is 0.167. The van der Waals surface area contributed by atoms with Gasteiger partial charge in [-0.15, -0.1) is 0 Å². The van der Waals surface area contributed by atoms with E-state index in [0.29, 0.717) is 5.56 Å². The number of hydrogen-bond donors (Lipinski definition) is 0. The molecular formula is C72H62N4. The van der Waals surface area contributed by atoms with Gasteiger partial charge in [0, 0.05) is 50.8 Å². The molecule has 9 aromatic carbocycles. The first-order valence-corrected chi connectivity index (χ1v) is 26.6. The molecule has 0 aliphatic heterocycles. The maximum atomic E-state index is 11.0. The number of nitrogens with zero attached hydrogens (tertiary/aromatic N) is 4. The quantitative estimate of drug-likeness (QED) is 0.160. The summed E-state index contributed by atoms with van der Waals surface area (Å²) in [5.74, 6) is 0. The van der Waals surface area contributed by atoms with Crippen molar-refractivity contribution < 1.29 is 0 Å². The van der Waals surface area contributed by atoms with E-state index in [-0.39, 0.29) is 0 Å². The lowest BCUT2D eigenvalue weighted by Gasteiger charge is -2.17. The van der Waals surface area contributed by atoms with Gasteiger partial charge < -0.3 is 9.13 Å². The van der Waals surface area contributed by atoms with Gasteiger partial charge in [-0.3, -0.25) is 4.98 Å². The van der Waals surface area contributed by atoms with Crippen molar-refractivity contribution in [3.8, 4) is 73.1 Å². The number of aromatic nitrogens is 3. The lowest BCUT2D eigenvalue weighted by atomic mass is 9.91. The molecule has 0 amide bonds. The van der Waals surface area contributed by atoms with Gasteiger partial charge in [-0.2, -0.15) is 5.26 Å². The Hall–Kier alpha value is -8.78. The van der Waals surface area contributed by atoms with Crippen LogP contribution in [0.25, 0.3) is 111 Å². The van der Waals surface area contributed by atoms with Gasteiger partial charge in [0.05, 0.1) is 39.4 Å². The Balaban J connectivity index is 1.09. The molecule has 0 radical (unpaired) electrons. The summed E-state index contributed by atoms with van der Waals surface area (Å²) in [4.78, 5) is 4.81. The number of nitriles is 1. The van der Waals surface area contributed by atoms with Crippen molar-refractivity contribution in [2.45, 2.75) is 83.1 Å². The van der Waals surface area contributed by atoms with E-state index in [0.717, 1.165) is 44.6 Å². The van der Waals surface area contributed by atoms with Crippen LogP contribution in [0.3, 0.4) is 0 Å². The van der Waals surface area contributed by atoms with Crippen molar-refractivity contribution in [2.75, 3.05) is 0 Å². The van der Waals surface area contributed by atoms with Crippen molar-refractivity contribution in [3.05, 3.63) is 230 Å². The highest BCUT2D eigenvalue weighted by Crippen LogP contribution is 2.44. The largest absolute Gasteiger partial charge is 0.309 e. The Labute approximate surface area is 447 Å². The van der Waals surface area contributed by atoms with Gasteiger partial charge in [0.25, 0.3) is 0 Å². The number of benzene rings is 9. The Kier molecular flexibility index (Phi) is 11.6. The molecule has 0 saturated heterocycles. The molecule has 3 aromatic heterocycles. The van der Waals surface area contributed by atoms with Gasteiger partial charge in [0.1, 0.15) is 0 Å². The Morgan fingerprint density at radius 1 is 0.342 bits per heavy atom. The van der Waals surface area contributed by atoms with Crippen molar-refractivity contribution in [1.29, 1.82) is 5.26 Å². The van der Waals surface area contributed by atoms with Crippen LogP contribution < -0.4 is 0 Å². The zero-order valence-corrected chi connectivity index (χ0v) is 45.8. The molecule has 0 bridgehead atoms. The molecule has 0 atom stereocenters. The fourth-order valence-electron chi connectivity index (χ4n) is 13.5. The summed E-state index contributed by atoms with van der Waals surface area (Å²) in [7, 11) is 0. The van der Waals surface area contributed by atoms with Gasteiger partial charge >= 0.3 is 0 Å². The number of fused-ring (bicyclic) bond motifs is 6. The lowest BCUT2D eigenvalue weighted by molar-refractivity contribution is 1.15. The molecule has 12 aromatic rings. The Morgan fingerprint density at radius 2 is 0.671 bits per heavy atom. The number of rotatable bonds is 7. The van der Waals surface area contributed by atoms with E-state index in [4.69, 9.17) is 4.98 Å². The summed E-state index contributed by atoms with van der Waals surface area (Å²) in [6, 6.07) is 57.2. The van der Waals surface area contributed by atoms with Crippen LogP contribution in [0.1, 0.15) is 72.3 Å². The molecule has 76 heavy (non-hydrogen) atoms. The molecule has 12 rings (SSSR count). The zero-order chi connectivity index (χ0) is 53.0. The van der Waals surface area contributed by atoms with E-state index < -0.39 is 0 Å². The highest BCUT2D eigenvalue weighted by atomic mass is 15.0. The van der Waals surface area contributed by atoms with Crippen molar-refractivity contribution in [3.63, 3.8) is 0 Å². The molecule has 0 unspecified atom stereocenters. The monoisotopic (exact) mass is 982 g/mol. The van der Waals surface area contributed by atoms with E-state index >= 15 is 0 Å². The summed E-state index contributed by atoms with van der Waals surface area (Å²) in [6.45, 7) is 26.5. The zero-order valence-electron chi connectivity index (χ0n) is 45.8. The van der Waals surface area contributed by atoms with Crippen LogP contribution >= 0.6 is 0 Å². The minimum atomic E-state index is 0.583. The van der Waals surface area contributed by atoms with Crippen LogP contribution in [0, 0.1) is 94.4 Å². The van der Waals surface area contributed by atoms with Crippen LogP contribution in [0.5, 0.6) is 0 Å². The van der Waals surface area contributed by atoms with Crippen LogP contribution in [-0.4, -0.2) is 14.1 Å². The summed E-state index contributed by atoms with van der Waals surface area (Å²) in [6.07, 6.45) is 3.82. The summed E-state index contributed by atoms with van der Waals surface area (Å²) >= 11 is 0. The average Bonchev–Trinajstić information content (AvgIpc) is 3.87. The highest BCUT2D eigenvalue weighted by Gasteiger charge is 2.23. The van der Waals surface area contributed by atoms with Crippen LogP contribution in [0.2, 0.25) is 0 Å². The molecule has 0 fully saturated rings. The first-order valence-electron chi connectivity index (χ1n) is 26.6. The van der Waals surface area contributed by atoms with Crippen LogP contribution in [-0.2, 0) is 0 Å².